The Morgan fingerprint density at radius 3 is 2.03 bits per heavy atom. The summed E-state index contributed by atoms with van der Waals surface area (Å²) >= 11 is 6.16. The van der Waals surface area contributed by atoms with Crippen LogP contribution in [0.5, 0.6) is 0 Å². The van der Waals surface area contributed by atoms with E-state index >= 15 is 0 Å². The second-order valence-corrected chi connectivity index (χ2v) is 9.30. The summed E-state index contributed by atoms with van der Waals surface area (Å²) in [5, 5.41) is 3.67. The zero-order valence-electron chi connectivity index (χ0n) is 18.3. The summed E-state index contributed by atoms with van der Waals surface area (Å²) in [4.78, 5) is 29.1. The third kappa shape index (κ3) is 3.82. The van der Waals surface area contributed by atoms with Crippen LogP contribution >= 0.6 is 11.6 Å². The van der Waals surface area contributed by atoms with E-state index < -0.39 is 11.1 Å². The van der Waals surface area contributed by atoms with Crippen LogP contribution in [0.1, 0.15) is 31.9 Å². The summed E-state index contributed by atoms with van der Waals surface area (Å²) in [6, 6.07) is 26.0. The van der Waals surface area contributed by atoms with Crippen molar-refractivity contribution in [3.05, 3.63) is 107 Å². The summed E-state index contributed by atoms with van der Waals surface area (Å²) in [7, 11) is 0. The molecule has 0 aliphatic carbocycles. The van der Waals surface area contributed by atoms with E-state index in [2.05, 4.69) is 5.32 Å². The highest BCUT2D eigenvalue weighted by Crippen LogP contribution is 2.50. The first-order valence-corrected chi connectivity index (χ1v) is 10.9. The van der Waals surface area contributed by atoms with Gasteiger partial charge in [-0.15, -0.1) is 0 Å². The van der Waals surface area contributed by atoms with E-state index in [0.29, 0.717) is 21.8 Å². The number of benzene rings is 3. The molecule has 162 valence electrons. The van der Waals surface area contributed by atoms with E-state index in [1.54, 1.807) is 23.1 Å². The molecule has 1 fully saturated rings. The summed E-state index contributed by atoms with van der Waals surface area (Å²) < 4.78 is 0. The number of β-lactam (4-membered cyclic amide) rings is 1. The van der Waals surface area contributed by atoms with Crippen molar-refractivity contribution >= 4 is 35.2 Å². The maximum atomic E-state index is 14.0. The van der Waals surface area contributed by atoms with Gasteiger partial charge in [-0.1, -0.05) is 72.3 Å². The predicted molar refractivity (Wildman–Crippen MR) is 129 cm³/mol. The van der Waals surface area contributed by atoms with Crippen LogP contribution in [0.2, 0.25) is 5.02 Å². The van der Waals surface area contributed by atoms with Crippen molar-refractivity contribution in [3.8, 4) is 0 Å². The molecular weight excluding hydrogens is 420 g/mol. The lowest BCUT2D eigenvalue weighted by Crippen LogP contribution is -2.71. The molecule has 1 N–H and O–H groups in total. The minimum Gasteiger partial charge on any atom is -0.349 e. The van der Waals surface area contributed by atoms with E-state index in [9.17, 15) is 9.59 Å². The van der Waals surface area contributed by atoms with Crippen LogP contribution in [-0.2, 0) is 15.1 Å². The van der Waals surface area contributed by atoms with Crippen molar-refractivity contribution in [2.45, 2.75) is 31.8 Å². The lowest BCUT2D eigenvalue weighted by molar-refractivity contribution is -0.135. The van der Waals surface area contributed by atoms with Crippen molar-refractivity contribution in [1.82, 2.24) is 5.32 Å². The molecule has 0 spiro atoms. The highest BCUT2D eigenvalue weighted by Gasteiger charge is 2.63. The Morgan fingerprint density at radius 2 is 1.47 bits per heavy atom. The van der Waals surface area contributed by atoms with Crippen LogP contribution in [0.4, 0.5) is 5.69 Å². The molecule has 2 amide bonds. The largest absolute Gasteiger partial charge is 0.349 e. The van der Waals surface area contributed by atoms with Gasteiger partial charge in [0.25, 0.3) is 11.8 Å². The number of nitrogens with zero attached hydrogens (tertiary/aromatic N) is 1. The van der Waals surface area contributed by atoms with Gasteiger partial charge in [0, 0.05) is 16.2 Å². The second kappa shape index (κ2) is 8.29. The molecule has 0 saturated carbocycles. The molecule has 1 heterocycles. The fourth-order valence-electron chi connectivity index (χ4n) is 4.03. The first kappa shape index (κ1) is 21.8. The SMILES string of the molecule is CC(C)(C)NC(=O)[C@]1(c2ccc(Cl)cc2)/C(=C/c2ccccc2)C(=O)N1c1ccccc1. The van der Waals surface area contributed by atoms with E-state index in [1.807, 2.05) is 93.6 Å². The fraction of sp³-hybridized carbons (Fsp3) is 0.185. The molecule has 1 atom stereocenters. The van der Waals surface area contributed by atoms with Gasteiger partial charge in [0.15, 0.2) is 5.54 Å². The number of halogens is 1. The first-order valence-electron chi connectivity index (χ1n) is 10.5. The first-order chi connectivity index (χ1) is 15.2. The third-order valence-corrected chi connectivity index (χ3v) is 5.61. The van der Waals surface area contributed by atoms with E-state index in [1.165, 1.54) is 0 Å². The Bertz CT molecular complexity index is 1170. The summed E-state index contributed by atoms with van der Waals surface area (Å²) in [5.74, 6) is -0.475. The van der Waals surface area contributed by atoms with Gasteiger partial charge in [0.2, 0.25) is 0 Å². The van der Waals surface area contributed by atoms with Crippen LogP contribution in [0.25, 0.3) is 6.08 Å². The number of amides is 2. The van der Waals surface area contributed by atoms with Crippen LogP contribution < -0.4 is 10.2 Å². The monoisotopic (exact) mass is 444 g/mol. The quantitative estimate of drug-likeness (QED) is 0.421. The Balaban J connectivity index is 1.99. The molecule has 1 saturated heterocycles. The van der Waals surface area contributed by atoms with Crippen molar-refractivity contribution in [3.63, 3.8) is 0 Å². The van der Waals surface area contributed by atoms with Crippen molar-refractivity contribution in [2.24, 2.45) is 0 Å². The number of hydrogen-bond donors (Lipinski definition) is 1. The number of nitrogens with one attached hydrogen (secondary N) is 1. The Morgan fingerprint density at radius 1 is 0.906 bits per heavy atom. The lowest BCUT2D eigenvalue weighted by Gasteiger charge is -2.53. The number of hydrogen-bond acceptors (Lipinski definition) is 2. The van der Waals surface area contributed by atoms with Crippen molar-refractivity contribution < 1.29 is 9.59 Å². The number of para-hydroxylation sites is 1. The third-order valence-electron chi connectivity index (χ3n) is 5.36. The van der Waals surface area contributed by atoms with E-state index in [-0.39, 0.29) is 11.8 Å². The molecule has 0 aromatic heterocycles. The van der Waals surface area contributed by atoms with Crippen LogP contribution in [0.15, 0.2) is 90.5 Å². The minimum atomic E-state index is -1.33. The molecule has 32 heavy (non-hydrogen) atoms. The number of carbonyl (C=O) groups excluding carboxylic acids is 2. The van der Waals surface area contributed by atoms with E-state index in [0.717, 1.165) is 5.56 Å². The Kier molecular flexibility index (Phi) is 5.66. The van der Waals surface area contributed by atoms with Crippen molar-refractivity contribution in [1.29, 1.82) is 0 Å². The van der Waals surface area contributed by atoms with Crippen molar-refractivity contribution in [2.75, 3.05) is 4.90 Å². The molecule has 5 heteroatoms. The van der Waals surface area contributed by atoms with Gasteiger partial charge in [-0.25, -0.2) is 0 Å². The topological polar surface area (TPSA) is 49.4 Å². The average Bonchev–Trinajstić information content (AvgIpc) is 2.76. The highest BCUT2D eigenvalue weighted by atomic mass is 35.5. The van der Waals surface area contributed by atoms with Gasteiger partial charge in [-0.2, -0.15) is 0 Å². The highest BCUT2D eigenvalue weighted by molar-refractivity contribution is 6.31. The van der Waals surface area contributed by atoms with Crippen LogP contribution in [0.3, 0.4) is 0 Å². The summed E-state index contributed by atoms with van der Waals surface area (Å²) in [6.07, 6.45) is 1.80. The molecule has 3 aromatic carbocycles. The van der Waals surface area contributed by atoms with Gasteiger partial charge in [-0.05, 0) is 62.2 Å². The average molecular weight is 445 g/mol. The number of anilines is 1. The molecule has 4 rings (SSSR count). The molecule has 4 nitrogen and oxygen atoms in total. The van der Waals surface area contributed by atoms with Crippen LogP contribution in [-0.4, -0.2) is 17.4 Å². The molecule has 1 aliphatic heterocycles. The summed E-state index contributed by atoms with van der Waals surface area (Å²) in [5.41, 5.74) is 0.778. The van der Waals surface area contributed by atoms with Crippen LogP contribution in [0, 0.1) is 0 Å². The van der Waals surface area contributed by atoms with E-state index in [4.69, 9.17) is 11.6 Å². The fourth-order valence-corrected chi connectivity index (χ4v) is 4.15. The molecule has 0 unspecified atom stereocenters. The van der Waals surface area contributed by atoms with Gasteiger partial charge < -0.3 is 5.32 Å². The zero-order valence-corrected chi connectivity index (χ0v) is 19.1. The Labute approximate surface area is 193 Å². The molecule has 1 aliphatic rings. The number of rotatable bonds is 4. The maximum Gasteiger partial charge on any atom is 0.259 e. The molecule has 0 radical (unpaired) electrons. The Hall–Kier alpha value is -3.37. The van der Waals surface area contributed by atoms with Gasteiger partial charge in [0.05, 0.1) is 5.57 Å². The summed E-state index contributed by atoms with van der Waals surface area (Å²) in [6.45, 7) is 5.77. The number of carbonyl (C=O) groups is 2. The zero-order chi connectivity index (χ0) is 22.9. The second-order valence-electron chi connectivity index (χ2n) is 8.87. The molecular formula is C27H25ClN2O2. The predicted octanol–water partition coefficient (Wildman–Crippen LogP) is 5.58. The lowest BCUT2D eigenvalue weighted by atomic mass is 9.70. The minimum absolute atomic E-state index is 0.209. The normalized spacial score (nSPS) is 19.6. The standard InChI is InChI=1S/C27H25ClN2O2/c1-26(2,3)29-25(32)27(20-14-16-21(28)17-15-20)23(18-19-10-6-4-7-11-19)24(31)30(27)22-12-8-5-9-13-22/h4-18H,1-3H3,(H,29,32)/b23-18+/t27-/m0/s1. The van der Waals surface area contributed by atoms with Gasteiger partial charge in [-0.3, -0.25) is 14.5 Å². The van der Waals surface area contributed by atoms with Gasteiger partial charge in [0.1, 0.15) is 0 Å². The van der Waals surface area contributed by atoms with Gasteiger partial charge >= 0.3 is 0 Å². The molecule has 0 bridgehead atoms. The smallest absolute Gasteiger partial charge is 0.259 e. The maximum absolute atomic E-state index is 14.0. The molecule has 3 aromatic rings.